The molecule has 1 heterocycles. The summed E-state index contributed by atoms with van der Waals surface area (Å²) in [4.78, 5) is 2.82. The second-order valence-electron chi connectivity index (χ2n) is 7.89. The summed E-state index contributed by atoms with van der Waals surface area (Å²) in [5.41, 5.74) is 0.550. The summed E-state index contributed by atoms with van der Waals surface area (Å²) in [6.07, 6.45) is 9.92. The number of hydrogen-bond acceptors (Lipinski definition) is 2. The van der Waals surface area contributed by atoms with Gasteiger partial charge >= 0.3 is 0 Å². The van der Waals surface area contributed by atoms with Crippen LogP contribution in [0.25, 0.3) is 0 Å². The van der Waals surface area contributed by atoms with E-state index in [9.17, 15) is 0 Å². The van der Waals surface area contributed by atoms with Crippen molar-refractivity contribution in [1.29, 1.82) is 0 Å². The standard InChI is InChI=1S/C18H36N2/c1-5-17-7-6-12-20(17)14-18(13-19-15(2)3)10-8-16(4)9-11-18/h15-17,19H,5-14H2,1-4H3. The number of likely N-dealkylation sites (tertiary alicyclic amines) is 1. The van der Waals surface area contributed by atoms with E-state index in [0.29, 0.717) is 11.5 Å². The fourth-order valence-corrected chi connectivity index (χ4v) is 4.18. The van der Waals surface area contributed by atoms with E-state index in [-0.39, 0.29) is 0 Å². The first-order chi connectivity index (χ1) is 9.54. The molecule has 0 aromatic heterocycles. The molecular formula is C18H36N2. The predicted molar refractivity (Wildman–Crippen MR) is 88.1 cm³/mol. The van der Waals surface area contributed by atoms with E-state index in [4.69, 9.17) is 0 Å². The van der Waals surface area contributed by atoms with Crippen molar-refractivity contribution in [2.75, 3.05) is 19.6 Å². The Morgan fingerprint density at radius 2 is 1.90 bits per heavy atom. The molecule has 0 radical (unpaired) electrons. The highest BCUT2D eigenvalue weighted by molar-refractivity contribution is 4.92. The van der Waals surface area contributed by atoms with E-state index >= 15 is 0 Å². The summed E-state index contributed by atoms with van der Waals surface area (Å²) in [6, 6.07) is 1.48. The maximum atomic E-state index is 3.75. The van der Waals surface area contributed by atoms with Gasteiger partial charge in [0.25, 0.3) is 0 Å². The molecule has 0 amide bonds. The molecule has 0 spiro atoms. The highest BCUT2D eigenvalue weighted by Gasteiger charge is 2.38. The minimum absolute atomic E-state index is 0.550. The zero-order chi connectivity index (χ0) is 14.6. The van der Waals surface area contributed by atoms with Crippen molar-refractivity contribution in [3.8, 4) is 0 Å². The average molecular weight is 281 g/mol. The van der Waals surface area contributed by atoms with Crippen LogP contribution in [0.3, 0.4) is 0 Å². The zero-order valence-corrected chi connectivity index (χ0v) is 14.3. The fraction of sp³-hybridized carbons (Fsp3) is 1.00. The predicted octanol–water partition coefficient (Wildman–Crippen LogP) is 4.06. The Morgan fingerprint density at radius 3 is 2.50 bits per heavy atom. The van der Waals surface area contributed by atoms with Gasteiger partial charge in [-0.2, -0.15) is 0 Å². The second kappa shape index (κ2) is 7.26. The van der Waals surface area contributed by atoms with Gasteiger partial charge in [-0.1, -0.05) is 40.5 Å². The maximum absolute atomic E-state index is 3.75. The van der Waals surface area contributed by atoms with Crippen molar-refractivity contribution in [1.82, 2.24) is 10.2 Å². The van der Waals surface area contributed by atoms with Crippen LogP contribution in [0.2, 0.25) is 0 Å². The van der Waals surface area contributed by atoms with Crippen molar-refractivity contribution in [2.24, 2.45) is 11.3 Å². The first-order valence-electron chi connectivity index (χ1n) is 9.02. The average Bonchev–Trinajstić information content (AvgIpc) is 2.87. The Labute approximate surface area is 126 Å². The molecule has 20 heavy (non-hydrogen) atoms. The Balaban J connectivity index is 1.98. The van der Waals surface area contributed by atoms with Gasteiger partial charge in [-0.05, 0) is 50.0 Å². The second-order valence-corrected chi connectivity index (χ2v) is 7.89. The lowest BCUT2D eigenvalue weighted by atomic mass is 9.70. The summed E-state index contributed by atoms with van der Waals surface area (Å²) in [7, 11) is 0. The molecule has 1 unspecified atom stereocenters. The molecule has 2 rings (SSSR count). The van der Waals surface area contributed by atoms with Crippen molar-refractivity contribution < 1.29 is 0 Å². The molecule has 1 aliphatic carbocycles. The molecule has 118 valence electrons. The van der Waals surface area contributed by atoms with Crippen LogP contribution in [-0.2, 0) is 0 Å². The molecule has 0 aromatic carbocycles. The minimum atomic E-state index is 0.550. The third-order valence-corrected chi connectivity index (χ3v) is 5.73. The van der Waals surface area contributed by atoms with Crippen molar-refractivity contribution in [2.45, 2.75) is 84.7 Å². The van der Waals surface area contributed by atoms with Crippen LogP contribution in [0.1, 0.15) is 72.6 Å². The van der Waals surface area contributed by atoms with Gasteiger partial charge in [0.2, 0.25) is 0 Å². The van der Waals surface area contributed by atoms with Crippen LogP contribution < -0.4 is 5.32 Å². The molecule has 2 nitrogen and oxygen atoms in total. The molecule has 2 heteroatoms. The Bertz CT molecular complexity index is 279. The van der Waals surface area contributed by atoms with Crippen LogP contribution in [-0.4, -0.2) is 36.6 Å². The monoisotopic (exact) mass is 280 g/mol. The number of rotatable bonds is 6. The Morgan fingerprint density at radius 1 is 1.20 bits per heavy atom. The molecule has 1 saturated carbocycles. The molecule has 0 bridgehead atoms. The molecule has 1 saturated heterocycles. The van der Waals surface area contributed by atoms with E-state index in [1.165, 1.54) is 64.6 Å². The summed E-state index contributed by atoms with van der Waals surface area (Å²) < 4.78 is 0. The topological polar surface area (TPSA) is 15.3 Å². The van der Waals surface area contributed by atoms with E-state index in [1.54, 1.807) is 0 Å². The smallest absolute Gasteiger partial charge is 0.00933 e. The van der Waals surface area contributed by atoms with Gasteiger partial charge in [-0.15, -0.1) is 0 Å². The lowest BCUT2D eigenvalue weighted by Gasteiger charge is -2.44. The highest BCUT2D eigenvalue weighted by atomic mass is 15.2. The van der Waals surface area contributed by atoms with Gasteiger partial charge in [0, 0.05) is 25.2 Å². The first kappa shape index (κ1) is 16.3. The third kappa shape index (κ3) is 4.21. The Hall–Kier alpha value is -0.0800. The number of hydrogen-bond donors (Lipinski definition) is 1. The molecule has 1 aliphatic heterocycles. The third-order valence-electron chi connectivity index (χ3n) is 5.73. The van der Waals surface area contributed by atoms with Gasteiger partial charge in [0.05, 0.1) is 0 Å². The van der Waals surface area contributed by atoms with Crippen LogP contribution in [0.4, 0.5) is 0 Å². The Kier molecular flexibility index (Phi) is 5.92. The largest absolute Gasteiger partial charge is 0.314 e. The van der Waals surface area contributed by atoms with Crippen LogP contribution in [0, 0.1) is 11.3 Å². The van der Waals surface area contributed by atoms with E-state index in [0.717, 1.165) is 12.0 Å². The molecular weight excluding hydrogens is 244 g/mol. The van der Waals surface area contributed by atoms with Crippen molar-refractivity contribution in [3.63, 3.8) is 0 Å². The summed E-state index contributed by atoms with van der Waals surface area (Å²) >= 11 is 0. The molecule has 2 aliphatic rings. The van der Waals surface area contributed by atoms with Crippen LogP contribution in [0.5, 0.6) is 0 Å². The summed E-state index contributed by atoms with van der Waals surface area (Å²) in [6.45, 7) is 13.3. The summed E-state index contributed by atoms with van der Waals surface area (Å²) in [5, 5.41) is 3.75. The zero-order valence-electron chi connectivity index (χ0n) is 14.3. The fourth-order valence-electron chi connectivity index (χ4n) is 4.18. The molecule has 2 fully saturated rings. The lowest BCUT2D eigenvalue weighted by molar-refractivity contribution is 0.0772. The van der Waals surface area contributed by atoms with Crippen molar-refractivity contribution >= 4 is 0 Å². The van der Waals surface area contributed by atoms with Gasteiger partial charge in [0.15, 0.2) is 0 Å². The number of nitrogens with one attached hydrogen (secondary N) is 1. The molecule has 0 aromatic rings. The van der Waals surface area contributed by atoms with Gasteiger partial charge < -0.3 is 5.32 Å². The van der Waals surface area contributed by atoms with E-state index in [1.807, 2.05) is 0 Å². The van der Waals surface area contributed by atoms with Crippen molar-refractivity contribution in [3.05, 3.63) is 0 Å². The highest BCUT2D eigenvalue weighted by Crippen LogP contribution is 2.40. The van der Waals surface area contributed by atoms with E-state index in [2.05, 4.69) is 37.9 Å². The van der Waals surface area contributed by atoms with Gasteiger partial charge in [-0.3, -0.25) is 4.90 Å². The lowest BCUT2D eigenvalue weighted by Crippen LogP contribution is -2.48. The van der Waals surface area contributed by atoms with E-state index < -0.39 is 0 Å². The maximum Gasteiger partial charge on any atom is 0.00933 e. The molecule has 1 N–H and O–H groups in total. The van der Waals surface area contributed by atoms with Gasteiger partial charge in [-0.25, -0.2) is 0 Å². The minimum Gasteiger partial charge on any atom is -0.314 e. The van der Waals surface area contributed by atoms with Crippen LogP contribution >= 0.6 is 0 Å². The summed E-state index contributed by atoms with van der Waals surface area (Å²) in [5.74, 6) is 0.947. The molecule has 1 atom stereocenters. The SMILES string of the molecule is CCC1CCCN1CC1(CNC(C)C)CCC(C)CC1. The first-order valence-corrected chi connectivity index (χ1v) is 9.02. The quantitative estimate of drug-likeness (QED) is 0.789. The van der Waals surface area contributed by atoms with Gasteiger partial charge in [0.1, 0.15) is 0 Å². The number of nitrogens with zero attached hydrogens (tertiary/aromatic N) is 1. The normalized spacial score (nSPS) is 35.9. The van der Waals surface area contributed by atoms with Crippen LogP contribution in [0.15, 0.2) is 0 Å².